The van der Waals surface area contributed by atoms with Gasteiger partial charge in [-0.05, 0) is 252 Å². The topological polar surface area (TPSA) is 290 Å². The molecule has 0 bridgehead atoms. The number of imidazole rings is 2. The summed E-state index contributed by atoms with van der Waals surface area (Å²) in [6, 6.07) is -1.52. The fraction of sp³-hybridized carbons (Fsp3) is 0.106. The first-order chi connectivity index (χ1) is 67.4. The lowest BCUT2D eigenvalue weighted by atomic mass is 10.1. The maximum absolute atomic E-state index is 13.8. The molecule has 9 aromatic heterocycles. The zero-order chi connectivity index (χ0) is 106. The van der Waals surface area contributed by atoms with Gasteiger partial charge in [0, 0.05) is 156 Å². The molecule has 0 spiro atoms. The van der Waals surface area contributed by atoms with Gasteiger partial charge in [-0.3, -0.25) is 29.3 Å². The molecule has 0 saturated carbocycles. The maximum atomic E-state index is 13.8. The van der Waals surface area contributed by atoms with Crippen molar-refractivity contribution in [1.29, 1.82) is 0 Å². The van der Waals surface area contributed by atoms with Crippen molar-refractivity contribution in [2.24, 2.45) is 15.0 Å². The summed E-state index contributed by atoms with van der Waals surface area (Å²) in [4.78, 5) is 93.5. The molecule has 108 heavy (non-hydrogen) atoms. The molecule has 23 heteroatoms. The molecule has 15 aromatic rings. The van der Waals surface area contributed by atoms with Crippen LogP contribution < -0.4 is 32.8 Å². The van der Waals surface area contributed by atoms with Crippen LogP contribution in [-0.4, -0.2) is 86.2 Å². The van der Waals surface area contributed by atoms with Crippen LogP contribution in [0.1, 0.15) is 131 Å². The third-order valence-corrected chi connectivity index (χ3v) is 14.3. The quantitative estimate of drug-likeness (QED) is 0.0561. The molecule has 0 atom stereocenters. The Hall–Kier alpha value is -14.5. The number of carbonyl (C=O) groups excluding carboxylic acids is 3. The second-order valence-electron chi connectivity index (χ2n) is 22.7. The van der Waals surface area contributed by atoms with E-state index in [1.807, 2.05) is 0 Å². The first kappa shape index (κ1) is 40.0. The highest BCUT2D eigenvalue weighted by atomic mass is 16.2. The molecule has 0 aliphatic heterocycles. The average Bonchev–Trinajstić information content (AvgIpc) is 0.961. The van der Waals surface area contributed by atoms with Crippen molar-refractivity contribution in [1.82, 2.24) is 68.5 Å². The Morgan fingerprint density at radius 3 is 1.08 bits per heavy atom. The van der Waals surface area contributed by atoms with Crippen molar-refractivity contribution in [3.05, 3.63) is 346 Å². The van der Waals surface area contributed by atoms with Crippen molar-refractivity contribution in [2.45, 2.75) is 62.2 Å². The summed E-state index contributed by atoms with van der Waals surface area (Å²) < 4.78 is 305. The number of aromatic amines is 3. The highest BCUT2D eigenvalue weighted by Crippen LogP contribution is 2.28. The van der Waals surface area contributed by atoms with Gasteiger partial charge in [-0.1, -0.05) is 18.1 Å². The summed E-state index contributed by atoms with van der Waals surface area (Å²) in [6.07, 6.45) is 5.31. The number of nitrogens with one attached hydrogen (secondary N) is 6. The van der Waals surface area contributed by atoms with Gasteiger partial charge in [0.2, 0.25) is 16.9 Å². The molecule has 0 unspecified atom stereocenters. The molecule has 6 N–H and O–H groups in total. The van der Waals surface area contributed by atoms with Crippen molar-refractivity contribution in [3.63, 3.8) is 0 Å². The van der Waals surface area contributed by atoms with Gasteiger partial charge in [-0.2, -0.15) is 0 Å². The van der Waals surface area contributed by atoms with E-state index in [0.717, 1.165) is 13.7 Å². The van der Waals surface area contributed by atoms with Gasteiger partial charge in [-0.25, -0.2) is 39.9 Å². The summed E-state index contributed by atoms with van der Waals surface area (Å²) in [5.41, 5.74) is -6.95. The van der Waals surface area contributed by atoms with Crippen molar-refractivity contribution in [2.75, 3.05) is 16.0 Å². The number of hydrogen-bond donors (Lipinski definition) is 6. The molecule has 23 nitrogen and oxygen atoms in total. The number of nitrogens with zero attached hydrogens (tertiary/aromatic N) is 14. The SMILES string of the molecule is [2H]c1nc(=Nc2c([2H])c(C(=O)Nc3c([2H])c(C)c([2H])c(-n4c([2H])cc(C)c4[2H])c3[2H])c([2H])c([2H])c2C([2H])([2H])[2H])[nH]c(-c2cccnc2)c1[2H].[2H]c1nc(=Nc2c([2H])c(C(=O)Nc3c([2H])c(C)c([2H])c(-n4c([2H])nc(C)c4[2H])c3[2H])c([2H])c([2H])c2C([2H])([2H])[2H])[nH]c(-c2cccnc2)c1[2H].[2H]c1nc(=Nc2c([2H])c(C(=O)Nc3c([2H])c(C)c([2H])c(-n4c([2H])nc(C)c4[2H])c3[2H])c([2H])c([2H])c2C)[nH]c(-c2cccnc2)c1[2H]. The highest BCUT2D eigenvalue weighted by Gasteiger charge is 2.16. The van der Waals surface area contributed by atoms with E-state index in [-0.39, 0.29) is 140 Å². The molecule has 3 amide bonds. The standard InChI is InChI=1S/C29H26N6O.2C28H25N7O/c1-19-9-12-35(18-19)25-14-20(2)13-24(16-25)32-28(36)22-7-6-21(3)27(15-22)34-29-31-11-8-26(33-29)23-5-4-10-30-17-23;2*1-18-11-23(14-24(12-18)35-16-20(3)31-17-35)32-27(36)21-7-6-19(2)26(13-21)34-28-30-10-8-25(33-28)22-5-4-9-29-15-22/h4-18H,1-3H3,(H,32,36)(H,31,33,34);2*4-17H,1-3H3,(H,32,36)(H,30,33,34)/i3D3,6D,7D,8D,11D,12D,13D,14D,15D,16D,18D;2D3,6D,7D,8D,10D,11D,12D,13D,14D,16D,17D;6D,7D,8D,10D,11D,12D,13D,14D,16D,17D. The number of H-pyrrole nitrogens is 3. The number of pyridine rings is 3. The van der Waals surface area contributed by atoms with Gasteiger partial charge in [0.1, 0.15) is 2.74 Å². The number of rotatable bonds is 15. The van der Waals surface area contributed by atoms with E-state index in [2.05, 4.69) is 85.8 Å². The Kier molecular flexibility index (Phi) is 12.2. The van der Waals surface area contributed by atoms with Crippen LogP contribution >= 0.6 is 0 Å². The van der Waals surface area contributed by atoms with E-state index in [1.165, 1.54) is 84.8 Å². The van der Waals surface area contributed by atoms with E-state index in [4.69, 9.17) is 49.3 Å². The average molecular weight is 1460 g/mol. The predicted octanol–water partition coefficient (Wildman–Crippen LogP) is 15.8. The Morgan fingerprint density at radius 1 is 0.398 bits per heavy atom. The number of aryl methyl sites for hydroxylation is 3. The minimum atomic E-state index is -3.12. The number of hydrogen-bond acceptors (Lipinski definition) is 14. The molecular weight excluding hydrogens is 1350 g/mol. The van der Waals surface area contributed by atoms with Crippen LogP contribution in [0.5, 0.6) is 0 Å². The Bertz CT molecular complexity index is 7810. The minimum absolute atomic E-state index is 0.0201. The maximum Gasteiger partial charge on any atom is 0.255 e. The normalized spacial score (nSPS) is 16.4. The van der Waals surface area contributed by atoms with E-state index in [0.29, 0.717) is 22.3 Å². The molecule has 0 fully saturated rings. The van der Waals surface area contributed by atoms with Crippen molar-refractivity contribution < 1.29 is 63.7 Å². The first-order valence-electron chi connectivity index (χ1n) is 49.8. The number of benzene rings is 6. The largest absolute Gasteiger partial charge is 0.324 e. The fourth-order valence-electron chi connectivity index (χ4n) is 9.43. The van der Waals surface area contributed by atoms with Gasteiger partial charge >= 0.3 is 0 Å². The van der Waals surface area contributed by atoms with Crippen LogP contribution in [0.2, 0.25) is 0 Å². The van der Waals surface area contributed by atoms with E-state index >= 15 is 0 Å². The molecule has 534 valence electrons. The third kappa shape index (κ3) is 18.5. The van der Waals surface area contributed by atoms with Crippen LogP contribution in [-0.2, 0) is 0 Å². The van der Waals surface area contributed by atoms with Crippen LogP contribution in [0.25, 0.3) is 50.8 Å². The molecule has 0 aliphatic carbocycles. The third-order valence-electron chi connectivity index (χ3n) is 14.3. The lowest BCUT2D eigenvalue weighted by molar-refractivity contribution is 0.101. The second-order valence-corrected chi connectivity index (χ2v) is 22.7. The molecule has 0 aliphatic rings. The van der Waals surface area contributed by atoms with Gasteiger partial charge in [0.05, 0.1) is 96.5 Å². The van der Waals surface area contributed by atoms with Crippen molar-refractivity contribution in [3.8, 4) is 50.8 Å². The molecular formula is C85H76N20O3. The summed E-state index contributed by atoms with van der Waals surface area (Å²) in [5, 5.41) is 6.96. The summed E-state index contributed by atoms with van der Waals surface area (Å²) in [7, 11) is 0. The highest BCUT2D eigenvalue weighted by molar-refractivity contribution is 6.06. The molecule has 0 radical (unpaired) electrons. The van der Waals surface area contributed by atoms with Crippen molar-refractivity contribution >= 4 is 51.8 Å². The Labute approximate surface area is 673 Å². The summed E-state index contributed by atoms with van der Waals surface area (Å²) in [6.45, 7) is 3.82. The second kappa shape index (κ2) is 32.9. The van der Waals surface area contributed by atoms with Crippen LogP contribution in [0, 0.1) is 62.2 Å². The summed E-state index contributed by atoms with van der Waals surface area (Å²) in [5.74, 6) is -3.69. The van der Waals surface area contributed by atoms with Gasteiger partial charge in [0.25, 0.3) is 17.7 Å². The minimum Gasteiger partial charge on any atom is -0.324 e. The Balaban J connectivity index is 0.000000181. The van der Waals surface area contributed by atoms with Crippen LogP contribution in [0.15, 0.2) is 277 Å². The lowest BCUT2D eigenvalue weighted by Crippen LogP contribution is -2.14. The fourth-order valence-corrected chi connectivity index (χ4v) is 9.43. The summed E-state index contributed by atoms with van der Waals surface area (Å²) >= 11 is 0. The van der Waals surface area contributed by atoms with Crippen LogP contribution in [0.3, 0.4) is 0 Å². The lowest BCUT2D eigenvalue weighted by Gasteiger charge is -2.11. The molecule has 0 saturated heterocycles. The molecule has 15 rings (SSSR count). The number of carbonyl (C=O) groups is 3. The van der Waals surface area contributed by atoms with E-state index in [1.54, 1.807) is 43.3 Å². The van der Waals surface area contributed by atoms with Gasteiger partial charge in [-0.15, -0.1) is 0 Å². The van der Waals surface area contributed by atoms with E-state index < -0.39 is 221 Å². The van der Waals surface area contributed by atoms with E-state index in [9.17, 15) is 14.4 Å². The van der Waals surface area contributed by atoms with Gasteiger partial charge < -0.3 is 44.6 Å². The monoisotopic (exact) mass is 1460 g/mol. The van der Waals surface area contributed by atoms with Gasteiger partial charge in [0.15, 0.2) is 0 Å². The molecule has 9 heterocycles. The number of amides is 3. The first-order valence-corrected chi connectivity index (χ1v) is 31.8. The zero-order valence-electron chi connectivity index (χ0n) is 93.5. The zero-order valence-corrected chi connectivity index (χ0v) is 57.5. The number of anilines is 3. The van der Waals surface area contributed by atoms with Crippen LogP contribution in [0.4, 0.5) is 34.1 Å². The smallest absolute Gasteiger partial charge is 0.255 e. The predicted molar refractivity (Wildman–Crippen MR) is 420 cm³/mol. The Morgan fingerprint density at radius 2 is 0.759 bits per heavy atom. The molecule has 6 aromatic carbocycles. The number of aromatic nitrogens is 14.